The minimum absolute atomic E-state index is 0.0221. The van der Waals surface area contributed by atoms with Gasteiger partial charge in [0.1, 0.15) is 17.4 Å². The van der Waals surface area contributed by atoms with Gasteiger partial charge in [0.25, 0.3) is 0 Å². The van der Waals surface area contributed by atoms with E-state index in [4.69, 9.17) is 0 Å². The maximum atomic E-state index is 13.1. The molecular formula is C11H10F2O. The van der Waals surface area contributed by atoms with Crippen LogP contribution in [0.4, 0.5) is 8.78 Å². The van der Waals surface area contributed by atoms with Gasteiger partial charge >= 0.3 is 0 Å². The first-order valence-electron chi connectivity index (χ1n) is 4.63. The van der Waals surface area contributed by atoms with Gasteiger partial charge in [-0.1, -0.05) is 0 Å². The van der Waals surface area contributed by atoms with Crippen molar-refractivity contribution in [3.63, 3.8) is 0 Å². The summed E-state index contributed by atoms with van der Waals surface area (Å²) in [6.07, 6.45) is 1.82. The van der Waals surface area contributed by atoms with Crippen LogP contribution in [0.2, 0.25) is 0 Å². The van der Waals surface area contributed by atoms with E-state index in [1.165, 1.54) is 0 Å². The second kappa shape index (κ2) is 3.48. The Balaban J connectivity index is 2.14. The van der Waals surface area contributed by atoms with Crippen LogP contribution in [-0.2, 0) is 11.2 Å². The molecule has 0 amide bonds. The van der Waals surface area contributed by atoms with E-state index >= 15 is 0 Å². The van der Waals surface area contributed by atoms with E-state index in [0.717, 1.165) is 31.0 Å². The molecule has 1 nitrogen and oxygen atoms in total. The third-order valence-corrected chi connectivity index (χ3v) is 2.41. The highest BCUT2D eigenvalue weighted by Crippen LogP contribution is 2.31. The average Bonchev–Trinajstić information content (AvgIpc) is 2.94. The van der Waals surface area contributed by atoms with E-state index < -0.39 is 11.6 Å². The standard InChI is InChI=1S/C11H10F2O/c12-9-3-4-10(13)8(5-9)6-11(14)7-1-2-7/h3-5,7H,1-2,6H2. The van der Waals surface area contributed by atoms with Crippen molar-refractivity contribution in [2.24, 2.45) is 5.92 Å². The molecule has 1 aromatic carbocycles. The Morgan fingerprint density at radius 1 is 1.36 bits per heavy atom. The lowest BCUT2D eigenvalue weighted by atomic mass is 10.1. The summed E-state index contributed by atoms with van der Waals surface area (Å²) in [6, 6.07) is 3.21. The molecule has 0 saturated heterocycles. The maximum absolute atomic E-state index is 13.1. The van der Waals surface area contributed by atoms with Gasteiger partial charge in [-0.3, -0.25) is 4.79 Å². The van der Waals surface area contributed by atoms with Crippen LogP contribution >= 0.6 is 0 Å². The molecule has 14 heavy (non-hydrogen) atoms. The summed E-state index contributed by atoms with van der Waals surface area (Å²) in [5, 5.41) is 0. The number of ketones is 1. The summed E-state index contributed by atoms with van der Waals surface area (Å²) in [5.74, 6) is -0.877. The first kappa shape index (κ1) is 9.31. The van der Waals surface area contributed by atoms with Crippen LogP contribution in [0.15, 0.2) is 18.2 Å². The molecule has 0 heterocycles. The lowest BCUT2D eigenvalue weighted by molar-refractivity contribution is -0.119. The van der Waals surface area contributed by atoms with E-state index in [-0.39, 0.29) is 23.7 Å². The van der Waals surface area contributed by atoms with E-state index in [0.29, 0.717) is 0 Å². The van der Waals surface area contributed by atoms with Crippen LogP contribution in [0.5, 0.6) is 0 Å². The minimum atomic E-state index is -0.500. The van der Waals surface area contributed by atoms with Crippen molar-refractivity contribution in [1.82, 2.24) is 0 Å². The van der Waals surface area contributed by atoms with Gasteiger partial charge in [0, 0.05) is 12.3 Å². The molecule has 0 atom stereocenters. The molecule has 74 valence electrons. The molecule has 2 rings (SSSR count). The van der Waals surface area contributed by atoms with Crippen molar-refractivity contribution in [1.29, 1.82) is 0 Å². The maximum Gasteiger partial charge on any atom is 0.140 e. The summed E-state index contributed by atoms with van der Waals surface area (Å²) in [4.78, 5) is 11.3. The molecule has 1 aliphatic carbocycles. The number of carbonyl (C=O) groups is 1. The largest absolute Gasteiger partial charge is 0.299 e. The number of benzene rings is 1. The Bertz CT molecular complexity index is 370. The molecule has 1 saturated carbocycles. The molecule has 0 spiro atoms. The van der Waals surface area contributed by atoms with Crippen LogP contribution in [0, 0.1) is 17.6 Å². The Morgan fingerprint density at radius 2 is 2.07 bits per heavy atom. The number of rotatable bonds is 3. The van der Waals surface area contributed by atoms with E-state index in [1.807, 2.05) is 0 Å². The van der Waals surface area contributed by atoms with Crippen LogP contribution in [0.25, 0.3) is 0 Å². The highest BCUT2D eigenvalue weighted by molar-refractivity contribution is 5.85. The van der Waals surface area contributed by atoms with E-state index in [9.17, 15) is 13.6 Å². The van der Waals surface area contributed by atoms with Crippen LogP contribution in [0.3, 0.4) is 0 Å². The van der Waals surface area contributed by atoms with Crippen molar-refractivity contribution in [2.45, 2.75) is 19.3 Å². The summed E-state index contributed by atoms with van der Waals surface area (Å²) in [6.45, 7) is 0. The zero-order valence-corrected chi connectivity index (χ0v) is 7.59. The molecule has 1 aliphatic rings. The number of Topliss-reactive ketones (excluding diaryl/α,β-unsaturated/α-hetero) is 1. The lowest BCUT2D eigenvalue weighted by Gasteiger charge is -2.01. The quantitative estimate of drug-likeness (QED) is 0.725. The monoisotopic (exact) mass is 196 g/mol. The molecule has 0 aromatic heterocycles. The Labute approximate surface area is 80.7 Å². The topological polar surface area (TPSA) is 17.1 Å². The molecule has 1 fully saturated rings. The van der Waals surface area contributed by atoms with Crippen molar-refractivity contribution in [2.75, 3.05) is 0 Å². The van der Waals surface area contributed by atoms with Crippen LogP contribution < -0.4 is 0 Å². The van der Waals surface area contributed by atoms with Crippen molar-refractivity contribution in [3.05, 3.63) is 35.4 Å². The molecular weight excluding hydrogens is 186 g/mol. The Hall–Kier alpha value is -1.25. The normalized spacial score (nSPS) is 15.6. The second-order valence-electron chi connectivity index (χ2n) is 3.65. The molecule has 1 aromatic rings. The van der Waals surface area contributed by atoms with Gasteiger partial charge in [-0.05, 0) is 36.6 Å². The fraction of sp³-hybridized carbons (Fsp3) is 0.364. The van der Waals surface area contributed by atoms with Crippen molar-refractivity contribution >= 4 is 5.78 Å². The van der Waals surface area contributed by atoms with Gasteiger partial charge in [0.2, 0.25) is 0 Å². The Kier molecular flexibility index (Phi) is 2.32. The summed E-state index contributed by atoms with van der Waals surface area (Å²) >= 11 is 0. The highest BCUT2D eigenvalue weighted by atomic mass is 19.1. The molecule has 3 heteroatoms. The average molecular weight is 196 g/mol. The molecule has 0 radical (unpaired) electrons. The van der Waals surface area contributed by atoms with Gasteiger partial charge in [-0.2, -0.15) is 0 Å². The minimum Gasteiger partial charge on any atom is -0.299 e. The fourth-order valence-corrected chi connectivity index (χ4v) is 1.42. The van der Waals surface area contributed by atoms with Gasteiger partial charge in [0.05, 0.1) is 0 Å². The predicted octanol–water partition coefficient (Wildman–Crippen LogP) is 2.49. The van der Waals surface area contributed by atoms with Gasteiger partial charge in [0.15, 0.2) is 0 Å². The summed E-state index contributed by atoms with van der Waals surface area (Å²) in [5.41, 5.74) is 0.168. The van der Waals surface area contributed by atoms with Crippen LogP contribution in [-0.4, -0.2) is 5.78 Å². The first-order chi connectivity index (χ1) is 6.66. The summed E-state index contributed by atoms with van der Waals surface area (Å²) < 4.78 is 25.8. The van der Waals surface area contributed by atoms with E-state index in [2.05, 4.69) is 0 Å². The Morgan fingerprint density at radius 3 is 2.71 bits per heavy atom. The van der Waals surface area contributed by atoms with Crippen molar-refractivity contribution in [3.8, 4) is 0 Å². The van der Waals surface area contributed by atoms with Gasteiger partial charge in [-0.15, -0.1) is 0 Å². The van der Waals surface area contributed by atoms with Crippen LogP contribution in [0.1, 0.15) is 18.4 Å². The third-order valence-electron chi connectivity index (χ3n) is 2.41. The van der Waals surface area contributed by atoms with E-state index in [1.54, 1.807) is 0 Å². The molecule has 0 aliphatic heterocycles. The number of hydrogen-bond donors (Lipinski definition) is 0. The predicted molar refractivity (Wildman–Crippen MR) is 47.8 cm³/mol. The second-order valence-corrected chi connectivity index (χ2v) is 3.65. The first-order valence-corrected chi connectivity index (χ1v) is 4.63. The van der Waals surface area contributed by atoms with Gasteiger partial charge < -0.3 is 0 Å². The highest BCUT2D eigenvalue weighted by Gasteiger charge is 2.29. The molecule has 0 N–H and O–H groups in total. The fourth-order valence-electron chi connectivity index (χ4n) is 1.42. The van der Waals surface area contributed by atoms with Crippen molar-refractivity contribution < 1.29 is 13.6 Å². The lowest BCUT2D eigenvalue weighted by Crippen LogP contribution is -2.06. The molecule has 0 unspecified atom stereocenters. The van der Waals surface area contributed by atoms with Gasteiger partial charge in [-0.25, -0.2) is 8.78 Å². The molecule has 0 bridgehead atoms. The third kappa shape index (κ3) is 1.97. The number of halogens is 2. The smallest absolute Gasteiger partial charge is 0.140 e. The number of carbonyl (C=O) groups excluding carboxylic acids is 1. The number of hydrogen-bond acceptors (Lipinski definition) is 1. The zero-order valence-electron chi connectivity index (χ0n) is 7.59. The summed E-state index contributed by atoms with van der Waals surface area (Å²) in [7, 11) is 0. The zero-order chi connectivity index (χ0) is 10.1. The SMILES string of the molecule is O=C(Cc1cc(F)ccc1F)C1CC1.